The first kappa shape index (κ1) is 31.4. The molecular weight excluding hydrogens is 777 g/mol. The van der Waals surface area contributed by atoms with Gasteiger partial charge >= 0.3 is 0 Å². The molecule has 1 spiro atoms. The number of nitrogens with zero attached hydrogens (tertiary/aromatic N) is 2. The molecule has 0 saturated heterocycles. The maximum absolute atomic E-state index is 8.75. The van der Waals surface area contributed by atoms with Crippen LogP contribution in [0.5, 0.6) is 0 Å². The van der Waals surface area contributed by atoms with Crippen LogP contribution >= 0.6 is 0 Å². The summed E-state index contributed by atoms with van der Waals surface area (Å²) < 4.78 is 48.8. The third-order valence-corrected chi connectivity index (χ3v) is 13.1. The molecule has 0 radical (unpaired) electrons. The van der Waals surface area contributed by atoms with Gasteiger partial charge in [-0.15, -0.1) is 0 Å². The fraction of sp³-hybridized carbons (Fsp3) is 0.0164. The van der Waals surface area contributed by atoms with Gasteiger partial charge in [0.25, 0.3) is 0 Å². The molecule has 2 aliphatic rings. The lowest BCUT2D eigenvalue weighted by Crippen LogP contribution is -2.26. The van der Waals surface area contributed by atoms with Crippen LogP contribution < -0.4 is 9.80 Å². The molecular formula is C61H40N2O. The van der Waals surface area contributed by atoms with Gasteiger partial charge < -0.3 is 14.2 Å². The maximum atomic E-state index is 8.75. The molecule has 0 amide bonds. The van der Waals surface area contributed by atoms with Crippen LogP contribution in [0, 0.1) is 0 Å². The summed E-state index contributed by atoms with van der Waals surface area (Å²) in [7, 11) is 0. The Balaban J connectivity index is 1.05. The van der Waals surface area contributed by atoms with E-state index in [4.69, 9.17) is 11.3 Å². The third kappa shape index (κ3) is 5.41. The molecule has 11 aromatic rings. The minimum absolute atomic E-state index is 0.165. The molecule has 0 bridgehead atoms. The number of hydrogen-bond donors (Lipinski definition) is 0. The summed E-state index contributed by atoms with van der Waals surface area (Å²) in [6.45, 7) is 0. The molecule has 10 aromatic carbocycles. The average molecular weight is 822 g/mol. The first-order valence-electron chi connectivity index (χ1n) is 24.1. The number of hydrogen-bond acceptors (Lipinski definition) is 3. The van der Waals surface area contributed by atoms with E-state index in [9.17, 15) is 0 Å². The number of anilines is 6. The highest BCUT2D eigenvalue weighted by atomic mass is 16.3. The van der Waals surface area contributed by atoms with Crippen LogP contribution in [0.25, 0.3) is 55.3 Å². The van der Waals surface area contributed by atoms with Crippen molar-refractivity contribution in [3.8, 4) is 33.4 Å². The van der Waals surface area contributed by atoms with Gasteiger partial charge in [-0.1, -0.05) is 158 Å². The first-order chi connectivity index (χ1) is 33.8. The normalized spacial score (nSPS) is 15.4. The molecule has 1 heterocycles. The second-order valence-corrected chi connectivity index (χ2v) is 16.5. The highest BCUT2D eigenvalue weighted by molar-refractivity contribution is 6.07. The van der Waals surface area contributed by atoms with E-state index in [0.29, 0.717) is 5.56 Å². The maximum Gasteiger partial charge on any atom is 0.135 e. The quantitative estimate of drug-likeness (QED) is 0.160. The Morgan fingerprint density at radius 1 is 0.328 bits per heavy atom. The van der Waals surface area contributed by atoms with Crippen LogP contribution in [0.2, 0.25) is 0 Å². The van der Waals surface area contributed by atoms with E-state index in [1.807, 2.05) is 48.5 Å². The highest BCUT2D eigenvalue weighted by Gasteiger charge is 2.52. The molecule has 13 rings (SSSR count). The van der Waals surface area contributed by atoms with Crippen LogP contribution in [0.4, 0.5) is 34.1 Å². The molecule has 0 saturated carbocycles. The van der Waals surface area contributed by atoms with E-state index >= 15 is 0 Å². The molecule has 1 unspecified atom stereocenters. The van der Waals surface area contributed by atoms with Gasteiger partial charge in [0.15, 0.2) is 0 Å². The Hall–Kier alpha value is -8.40. The molecule has 1 aromatic heterocycles. The summed E-state index contributed by atoms with van der Waals surface area (Å²) in [6, 6.07) is 73.0. The van der Waals surface area contributed by atoms with Crippen molar-refractivity contribution in [2.24, 2.45) is 0 Å². The SMILES string of the molecule is [2H]c1c([2H])c([2H])c(-c2ccc(N(c3ccc4c(c3)C3(c5ccccc5-c5ccc(N(c6ccccc6)c6ccccc6)cc53)c3ccccc3-4)c3ccc4oc5ccccc5c4c3)cc2)c([2H])c1[2H]. The van der Waals surface area contributed by atoms with E-state index in [-0.39, 0.29) is 29.7 Å². The Morgan fingerprint density at radius 3 is 1.41 bits per heavy atom. The van der Waals surface area contributed by atoms with E-state index < -0.39 is 11.5 Å². The summed E-state index contributed by atoms with van der Waals surface area (Å²) in [5.74, 6) is 0. The smallest absolute Gasteiger partial charge is 0.135 e. The third-order valence-electron chi connectivity index (χ3n) is 13.1. The van der Waals surface area contributed by atoms with Gasteiger partial charge in [-0.05, 0) is 141 Å². The van der Waals surface area contributed by atoms with Gasteiger partial charge in [-0.3, -0.25) is 0 Å². The van der Waals surface area contributed by atoms with Crippen molar-refractivity contribution in [3.63, 3.8) is 0 Å². The van der Waals surface area contributed by atoms with E-state index in [2.05, 4.69) is 174 Å². The standard InChI is InChI=1S/C61H40N2O/c1-4-16-41(17-5-1)42-28-30-45(31-29-42)63(46-34-37-60-54(38-46)53-24-12-15-27-59(53)64-60)48-33-36-52-50-23-11-14-26-56(50)61(58(52)40-48)55-25-13-10-22-49(55)51-35-32-47(39-57(51)61)62(43-18-6-2-7-19-43)44-20-8-3-9-21-44/h1-40H/i1D,4D,5D,16D,17D. The van der Waals surface area contributed by atoms with E-state index in [1.54, 1.807) is 0 Å². The van der Waals surface area contributed by atoms with Gasteiger partial charge in [-0.25, -0.2) is 0 Å². The molecule has 0 N–H and O–H groups in total. The second kappa shape index (κ2) is 14.3. The zero-order valence-corrected chi connectivity index (χ0v) is 34.5. The molecule has 2 aliphatic carbocycles. The van der Waals surface area contributed by atoms with Gasteiger partial charge in [0.1, 0.15) is 11.2 Å². The van der Waals surface area contributed by atoms with Crippen molar-refractivity contribution in [3.05, 3.63) is 265 Å². The minimum Gasteiger partial charge on any atom is -0.456 e. The molecule has 0 fully saturated rings. The second-order valence-electron chi connectivity index (χ2n) is 16.5. The molecule has 3 heteroatoms. The van der Waals surface area contributed by atoms with Gasteiger partial charge in [0.2, 0.25) is 0 Å². The van der Waals surface area contributed by atoms with Crippen molar-refractivity contribution in [1.29, 1.82) is 0 Å². The van der Waals surface area contributed by atoms with Crippen LogP contribution in [0.15, 0.2) is 247 Å². The molecule has 300 valence electrons. The Bertz CT molecular complexity index is 3790. The zero-order chi connectivity index (χ0) is 46.5. The Kier molecular flexibility index (Phi) is 7.04. The van der Waals surface area contributed by atoms with Crippen LogP contribution in [-0.2, 0) is 5.41 Å². The summed E-state index contributed by atoms with van der Waals surface area (Å²) in [5.41, 5.74) is 17.1. The Labute approximate surface area is 379 Å². The lowest BCUT2D eigenvalue weighted by molar-refractivity contribution is 0.669. The van der Waals surface area contributed by atoms with E-state index in [1.165, 1.54) is 38.9 Å². The first-order valence-corrected chi connectivity index (χ1v) is 21.6. The Morgan fingerprint density at radius 2 is 0.781 bits per heavy atom. The molecule has 0 aliphatic heterocycles. The molecule has 1 atom stereocenters. The van der Waals surface area contributed by atoms with Gasteiger partial charge in [0, 0.05) is 44.9 Å². The topological polar surface area (TPSA) is 19.6 Å². The number of benzene rings is 10. The predicted octanol–water partition coefficient (Wildman–Crippen LogP) is 16.5. The van der Waals surface area contributed by atoms with E-state index in [0.717, 1.165) is 61.6 Å². The summed E-state index contributed by atoms with van der Waals surface area (Å²) in [4.78, 5) is 4.58. The lowest BCUT2D eigenvalue weighted by Gasteiger charge is -2.33. The van der Waals surface area contributed by atoms with Crippen LogP contribution in [0.3, 0.4) is 0 Å². The van der Waals surface area contributed by atoms with Crippen LogP contribution in [-0.4, -0.2) is 0 Å². The van der Waals surface area contributed by atoms with Gasteiger partial charge in [0.05, 0.1) is 12.3 Å². The fourth-order valence-corrected chi connectivity index (χ4v) is 10.5. The molecule has 3 nitrogen and oxygen atoms in total. The lowest BCUT2D eigenvalue weighted by atomic mass is 9.70. The van der Waals surface area contributed by atoms with Crippen molar-refractivity contribution in [2.75, 3.05) is 9.80 Å². The van der Waals surface area contributed by atoms with Crippen molar-refractivity contribution in [1.82, 2.24) is 0 Å². The zero-order valence-electron chi connectivity index (χ0n) is 39.5. The average Bonchev–Trinajstić information content (AvgIpc) is 4.02. The number of fused-ring (bicyclic) bond motifs is 13. The summed E-state index contributed by atoms with van der Waals surface area (Å²) in [5, 5.41) is 2.01. The van der Waals surface area contributed by atoms with Crippen molar-refractivity contribution in [2.45, 2.75) is 5.41 Å². The number of para-hydroxylation sites is 3. The van der Waals surface area contributed by atoms with Crippen LogP contribution in [0.1, 0.15) is 29.1 Å². The monoisotopic (exact) mass is 821 g/mol. The highest BCUT2D eigenvalue weighted by Crippen LogP contribution is 2.64. The largest absolute Gasteiger partial charge is 0.456 e. The summed E-state index contributed by atoms with van der Waals surface area (Å²) in [6.07, 6.45) is 0. The molecule has 64 heavy (non-hydrogen) atoms. The minimum atomic E-state index is -0.676. The number of furan rings is 1. The van der Waals surface area contributed by atoms with Crippen molar-refractivity contribution >= 4 is 56.1 Å². The van der Waals surface area contributed by atoms with Gasteiger partial charge in [-0.2, -0.15) is 0 Å². The summed E-state index contributed by atoms with van der Waals surface area (Å²) >= 11 is 0. The van der Waals surface area contributed by atoms with Crippen molar-refractivity contribution < 1.29 is 11.3 Å². The number of rotatable bonds is 7. The fourth-order valence-electron chi connectivity index (χ4n) is 10.5. The predicted molar refractivity (Wildman–Crippen MR) is 265 cm³/mol.